The number of aromatic nitrogens is 2. The van der Waals surface area contributed by atoms with Crippen molar-refractivity contribution in [2.45, 2.75) is 32.2 Å². The first-order valence-electron chi connectivity index (χ1n) is 5.95. The third-order valence-corrected chi connectivity index (χ3v) is 3.38. The third kappa shape index (κ3) is 2.80. The van der Waals surface area contributed by atoms with Crippen LogP contribution in [0.1, 0.15) is 26.2 Å². The number of nitrogens with one attached hydrogen (secondary N) is 1. The Bertz CT molecular complexity index is 314. The Balaban J connectivity index is 1.81. The summed E-state index contributed by atoms with van der Waals surface area (Å²) in [6.07, 6.45) is 3.47. The van der Waals surface area contributed by atoms with Gasteiger partial charge >= 0.3 is 0 Å². The van der Waals surface area contributed by atoms with Crippen molar-refractivity contribution in [3.8, 4) is 0 Å². The molecule has 90 valence electrons. The summed E-state index contributed by atoms with van der Waals surface area (Å²) in [6, 6.07) is 0. The first kappa shape index (κ1) is 11.5. The maximum absolute atomic E-state index is 5.00. The maximum atomic E-state index is 5.00. The molecule has 1 aromatic rings. The fourth-order valence-corrected chi connectivity index (χ4v) is 2.13. The number of hydrogen-bond donors (Lipinski definition) is 1. The van der Waals surface area contributed by atoms with E-state index in [1.54, 1.807) is 0 Å². The normalized spacial score (nSPS) is 27.1. The monoisotopic (exact) mass is 224 g/mol. The van der Waals surface area contributed by atoms with Crippen LogP contribution in [0.15, 0.2) is 10.9 Å². The largest absolute Gasteiger partial charge is 0.340 e. The van der Waals surface area contributed by atoms with Crippen molar-refractivity contribution < 1.29 is 4.52 Å². The van der Waals surface area contributed by atoms with Gasteiger partial charge in [0, 0.05) is 38.1 Å². The second kappa shape index (κ2) is 4.93. The minimum Gasteiger partial charge on any atom is -0.340 e. The van der Waals surface area contributed by atoms with E-state index in [0.29, 0.717) is 0 Å². The van der Waals surface area contributed by atoms with E-state index in [1.165, 1.54) is 6.33 Å². The van der Waals surface area contributed by atoms with Crippen molar-refractivity contribution >= 4 is 0 Å². The van der Waals surface area contributed by atoms with Gasteiger partial charge in [-0.25, -0.2) is 0 Å². The summed E-state index contributed by atoms with van der Waals surface area (Å²) in [7, 11) is 0. The molecule has 0 aliphatic carbocycles. The van der Waals surface area contributed by atoms with E-state index in [-0.39, 0.29) is 5.54 Å². The van der Waals surface area contributed by atoms with E-state index >= 15 is 0 Å². The molecule has 1 unspecified atom stereocenters. The summed E-state index contributed by atoms with van der Waals surface area (Å²) in [4.78, 5) is 6.50. The molecule has 2 rings (SSSR count). The van der Waals surface area contributed by atoms with E-state index in [4.69, 9.17) is 4.52 Å². The summed E-state index contributed by atoms with van der Waals surface area (Å²) in [6.45, 7) is 8.77. The SMILES string of the molecule is CCC1(C)CN(CCc2ncno2)CCN1. The van der Waals surface area contributed by atoms with Crippen LogP contribution < -0.4 is 5.32 Å². The van der Waals surface area contributed by atoms with Gasteiger partial charge in [-0.1, -0.05) is 12.1 Å². The van der Waals surface area contributed by atoms with Gasteiger partial charge in [-0.2, -0.15) is 4.98 Å². The first-order valence-corrected chi connectivity index (χ1v) is 5.95. The van der Waals surface area contributed by atoms with Crippen LogP contribution in [0, 0.1) is 0 Å². The predicted molar refractivity (Wildman–Crippen MR) is 61.1 cm³/mol. The molecule has 2 heterocycles. The molecule has 1 saturated heterocycles. The fourth-order valence-electron chi connectivity index (χ4n) is 2.13. The average molecular weight is 224 g/mol. The molecule has 0 saturated carbocycles. The number of piperazine rings is 1. The Morgan fingerprint density at radius 2 is 2.50 bits per heavy atom. The highest BCUT2D eigenvalue weighted by Crippen LogP contribution is 2.15. The molecule has 1 aliphatic rings. The smallest absolute Gasteiger partial charge is 0.227 e. The number of rotatable bonds is 4. The molecule has 1 aliphatic heterocycles. The van der Waals surface area contributed by atoms with Crippen molar-refractivity contribution in [2.24, 2.45) is 0 Å². The van der Waals surface area contributed by atoms with Crippen LogP contribution in [0.3, 0.4) is 0 Å². The Labute approximate surface area is 96.2 Å². The van der Waals surface area contributed by atoms with Crippen molar-refractivity contribution in [2.75, 3.05) is 26.2 Å². The summed E-state index contributed by atoms with van der Waals surface area (Å²) >= 11 is 0. The van der Waals surface area contributed by atoms with Gasteiger partial charge in [-0.05, 0) is 13.3 Å². The lowest BCUT2D eigenvalue weighted by atomic mass is 9.96. The quantitative estimate of drug-likeness (QED) is 0.815. The van der Waals surface area contributed by atoms with Crippen LogP contribution >= 0.6 is 0 Å². The molecular weight excluding hydrogens is 204 g/mol. The summed E-state index contributed by atoms with van der Waals surface area (Å²) in [5, 5.41) is 7.19. The Kier molecular flexibility index (Phi) is 3.56. The highest BCUT2D eigenvalue weighted by atomic mass is 16.5. The lowest BCUT2D eigenvalue weighted by Gasteiger charge is -2.41. The molecule has 1 N–H and O–H groups in total. The van der Waals surface area contributed by atoms with Crippen LogP contribution in [0.2, 0.25) is 0 Å². The molecule has 5 heteroatoms. The molecular formula is C11H20N4O. The zero-order chi connectivity index (χ0) is 11.4. The van der Waals surface area contributed by atoms with Crippen molar-refractivity contribution in [3.63, 3.8) is 0 Å². The van der Waals surface area contributed by atoms with Crippen molar-refractivity contribution in [3.05, 3.63) is 12.2 Å². The molecule has 1 atom stereocenters. The molecule has 1 aromatic heterocycles. The Hall–Kier alpha value is -0.940. The zero-order valence-electron chi connectivity index (χ0n) is 10.1. The van der Waals surface area contributed by atoms with Gasteiger partial charge in [0.1, 0.15) is 0 Å². The van der Waals surface area contributed by atoms with E-state index in [9.17, 15) is 0 Å². The van der Waals surface area contributed by atoms with Gasteiger partial charge in [0.2, 0.25) is 5.89 Å². The van der Waals surface area contributed by atoms with Gasteiger partial charge < -0.3 is 9.84 Å². The zero-order valence-corrected chi connectivity index (χ0v) is 10.1. The van der Waals surface area contributed by atoms with E-state index in [1.807, 2.05) is 0 Å². The fraction of sp³-hybridized carbons (Fsp3) is 0.818. The second-order valence-electron chi connectivity index (χ2n) is 4.70. The maximum Gasteiger partial charge on any atom is 0.227 e. The van der Waals surface area contributed by atoms with Crippen molar-refractivity contribution in [1.82, 2.24) is 20.4 Å². The standard InChI is InChI=1S/C11H20N4O/c1-3-11(2)8-15(7-5-13-11)6-4-10-12-9-14-16-10/h9,13H,3-8H2,1-2H3. The van der Waals surface area contributed by atoms with E-state index < -0.39 is 0 Å². The first-order chi connectivity index (χ1) is 7.72. The Morgan fingerprint density at radius 3 is 3.19 bits per heavy atom. The van der Waals surface area contributed by atoms with Crippen LogP contribution in [-0.2, 0) is 6.42 Å². The third-order valence-electron chi connectivity index (χ3n) is 3.38. The number of hydrogen-bond acceptors (Lipinski definition) is 5. The van der Waals surface area contributed by atoms with Crippen LogP contribution in [0.4, 0.5) is 0 Å². The molecule has 0 spiro atoms. The van der Waals surface area contributed by atoms with Gasteiger partial charge in [-0.3, -0.25) is 4.90 Å². The van der Waals surface area contributed by atoms with Gasteiger partial charge in [0.25, 0.3) is 0 Å². The minimum atomic E-state index is 0.257. The predicted octanol–water partition coefficient (Wildman–Crippen LogP) is 0.686. The van der Waals surface area contributed by atoms with Gasteiger partial charge in [0.05, 0.1) is 0 Å². The summed E-state index contributed by atoms with van der Waals surface area (Å²) in [5.74, 6) is 0.733. The molecule has 16 heavy (non-hydrogen) atoms. The lowest BCUT2D eigenvalue weighted by molar-refractivity contribution is 0.138. The highest BCUT2D eigenvalue weighted by molar-refractivity contribution is 4.90. The van der Waals surface area contributed by atoms with Crippen LogP contribution in [0.5, 0.6) is 0 Å². The Morgan fingerprint density at radius 1 is 1.62 bits per heavy atom. The average Bonchev–Trinajstić information content (AvgIpc) is 2.80. The number of nitrogens with zero attached hydrogens (tertiary/aromatic N) is 3. The molecule has 0 amide bonds. The van der Waals surface area contributed by atoms with Gasteiger partial charge in [0.15, 0.2) is 6.33 Å². The minimum absolute atomic E-state index is 0.257. The lowest BCUT2D eigenvalue weighted by Crippen LogP contribution is -2.58. The molecule has 0 aromatic carbocycles. The summed E-state index contributed by atoms with van der Waals surface area (Å²) in [5.41, 5.74) is 0.257. The van der Waals surface area contributed by atoms with Crippen molar-refractivity contribution in [1.29, 1.82) is 0 Å². The van der Waals surface area contributed by atoms with Crippen LogP contribution in [-0.4, -0.2) is 46.8 Å². The molecule has 1 fully saturated rings. The van der Waals surface area contributed by atoms with Crippen LogP contribution in [0.25, 0.3) is 0 Å². The second-order valence-corrected chi connectivity index (χ2v) is 4.70. The molecule has 5 nitrogen and oxygen atoms in total. The summed E-state index contributed by atoms with van der Waals surface area (Å²) < 4.78 is 5.00. The van der Waals surface area contributed by atoms with Gasteiger partial charge in [-0.15, -0.1) is 0 Å². The van der Waals surface area contributed by atoms with E-state index in [0.717, 1.165) is 44.9 Å². The molecule has 0 radical (unpaired) electrons. The van der Waals surface area contributed by atoms with E-state index in [2.05, 4.69) is 34.2 Å². The topological polar surface area (TPSA) is 54.2 Å². The molecule has 0 bridgehead atoms. The highest BCUT2D eigenvalue weighted by Gasteiger charge is 2.28.